The van der Waals surface area contributed by atoms with Crippen molar-refractivity contribution < 1.29 is 22.7 Å². The minimum atomic E-state index is -3.07. The van der Waals surface area contributed by atoms with Crippen LogP contribution in [0.25, 0.3) is 0 Å². The summed E-state index contributed by atoms with van der Waals surface area (Å²) in [7, 11) is 0. The fourth-order valence-corrected chi connectivity index (χ4v) is 1.33. The molecule has 0 amide bonds. The number of nitriles is 1. The van der Waals surface area contributed by atoms with Gasteiger partial charge in [-0.1, -0.05) is 0 Å². The third-order valence-corrected chi connectivity index (χ3v) is 2.05. The molecule has 0 aliphatic rings. The highest BCUT2D eigenvalue weighted by atomic mass is 19.3. The molecule has 96 valence electrons. The van der Waals surface area contributed by atoms with Crippen molar-refractivity contribution in [2.24, 2.45) is 0 Å². The minimum Gasteiger partial charge on any atom is -0.466 e. The number of halogens is 3. The van der Waals surface area contributed by atoms with Crippen molar-refractivity contribution in [3.63, 3.8) is 0 Å². The number of esters is 1. The van der Waals surface area contributed by atoms with Gasteiger partial charge in [-0.3, -0.25) is 4.79 Å². The van der Waals surface area contributed by atoms with Crippen molar-refractivity contribution in [3.8, 4) is 6.07 Å². The van der Waals surface area contributed by atoms with Gasteiger partial charge in [0.2, 0.25) is 0 Å². The summed E-state index contributed by atoms with van der Waals surface area (Å²) < 4.78 is 43.4. The van der Waals surface area contributed by atoms with Gasteiger partial charge in [-0.25, -0.2) is 18.2 Å². The van der Waals surface area contributed by atoms with Crippen LogP contribution in [0.2, 0.25) is 0 Å². The van der Waals surface area contributed by atoms with Crippen LogP contribution in [-0.4, -0.2) is 17.6 Å². The van der Waals surface area contributed by atoms with E-state index in [0.29, 0.717) is 6.07 Å². The van der Waals surface area contributed by atoms with Crippen molar-refractivity contribution in [1.29, 1.82) is 5.26 Å². The first kappa shape index (κ1) is 14.0. The molecule has 0 fully saturated rings. The average Bonchev–Trinajstić information content (AvgIpc) is 2.31. The lowest BCUT2D eigenvalue weighted by Gasteiger charge is -2.09. The Labute approximate surface area is 101 Å². The average molecular weight is 258 g/mol. The zero-order valence-electron chi connectivity index (χ0n) is 9.41. The van der Waals surface area contributed by atoms with Crippen molar-refractivity contribution in [1.82, 2.24) is 4.98 Å². The Balaban J connectivity index is 3.17. The fourth-order valence-electron chi connectivity index (χ4n) is 1.33. The summed E-state index contributed by atoms with van der Waals surface area (Å²) in [6.45, 7) is 1.60. The van der Waals surface area contributed by atoms with Crippen LogP contribution in [0.15, 0.2) is 6.07 Å². The molecule has 0 spiro atoms. The molecule has 1 aromatic heterocycles. The first-order chi connectivity index (χ1) is 8.49. The smallest absolute Gasteiger partial charge is 0.310 e. The maximum Gasteiger partial charge on any atom is 0.310 e. The summed E-state index contributed by atoms with van der Waals surface area (Å²) in [6.07, 6.45) is -3.71. The van der Waals surface area contributed by atoms with Gasteiger partial charge in [-0.05, 0) is 6.92 Å². The summed E-state index contributed by atoms with van der Waals surface area (Å²) in [5.74, 6) is -1.89. The molecule has 0 aliphatic carbocycles. The summed E-state index contributed by atoms with van der Waals surface area (Å²) in [6, 6.07) is 2.18. The number of alkyl halides is 2. The molecule has 0 radical (unpaired) electrons. The first-order valence-corrected chi connectivity index (χ1v) is 5.02. The van der Waals surface area contributed by atoms with Crippen molar-refractivity contribution in [2.75, 3.05) is 6.61 Å². The van der Waals surface area contributed by atoms with Crippen LogP contribution in [0.5, 0.6) is 0 Å². The molecule has 0 saturated carbocycles. The lowest BCUT2D eigenvalue weighted by molar-refractivity contribution is -0.142. The Morgan fingerprint density at radius 3 is 2.78 bits per heavy atom. The Morgan fingerprint density at radius 1 is 1.61 bits per heavy atom. The number of nitrogens with zero attached hydrogens (tertiary/aromatic N) is 2. The third-order valence-electron chi connectivity index (χ3n) is 2.05. The summed E-state index contributed by atoms with van der Waals surface area (Å²) in [5, 5.41) is 8.51. The van der Waals surface area contributed by atoms with Gasteiger partial charge in [0, 0.05) is 11.6 Å². The van der Waals surface area contributed by atoms with Gasteiger partial charge >= 0.3 is 5.97 Å². The molecule has 0 N–H and O–H groups in total. The van der Waals surface area contributed by atoms with Gasteiger partial charge in [-0.15, -0.1) is 0 Å². The molecule has 0 aliphatic heterocycles. The normalized spacial score (nSPS) is 10.2. The zero-order valence-corrected chi connectivity index (χ0v) is 9.41. The second-order valence-electron chi connectivity index (χ2n) is 3.25. The Morgan fingerprint density at radius 2 is 2.28 bits per heavy atom. The van der Waals surface area contributed by atoms with E-state index in [1.807, 2.05) is 0 Å². The van der Waals surface area contributed by atoms with E-state index in [-0.39, 0.29) is 6.61 Å². The zero-order chi connectivity index (χ0) is 13.7. The maximum atomic E-state index is 13.5. The van der Waals surface area contributed by atoms with E-state index in [1.54, 1.807) is 6.92 Å². The molecular formula is C11H9F3N2O2. The summed E-state index contributed by atoms with van der Waals surface area (Å²) in [5.41, 5.74) is -1.91. The number of rotatable bonds is 4. The van der Waals surface area contributed by atoms with Crippen LogP contribution in [0, 0.1) is 17.1 Å². The fraction of sp³-hybridized carbons (Fsp3) is 0.364. The van der Waals surface area contributed by atoms with Crippen molar-refractivity contribution >= 4 is 5.97 Å². The molecule has 18 heavy (non-hydrogen) atoms. The molecule has 0 bridgehead atoms. The van der Waals surface area contributed by atoms with Gasteiger partial charge in [0.25, 0.3) is 6.43 Å². The van der Waals surface area contributed by atoms with E-state index in [0.717, 1.165) is 0 Å². The van der Waals surface area contributed by atoms with Gasteiger partial charge in [-0.2, -0.15) is 5.26 Å². The SMILES string of the molecule is CCOC(=O)Cc1c(F)cc(C#N)nc1C(F)F. The van der Waals surface area contributed by atoms with E-state index >= 15 is 0 Å². The van der Waals surface area contributed by atoms with Crippen LogP contribution in [-0.2, 0) is 16.0 Å². The Bertz CT molecular complexity index is 498. The molecule has 0 unspecified atom stereocenters. The second-order valence-corrected chi connectivity index (χ2v) is 3.25. The summed E-state index contributed by atoms with van der Waals surface area (Å²) in [4.78, 5) is 14.5. The molecule has 1 heterocycles. The lowest BCUT2D eigenvalue weighted by atomic mass is 10.1. The largest absolute Gasteiger partial charge is 0.466 e. The van der Waals surface area contributed by atoms with E-state index in [2.05, 4.69) is 9.72 Å². The number of pyridine rings is 1. The van der Waals surface area contributed by atoms with Crippen molar-refractivity contribution in [3.05, 3.63) is 28.8 Å². The lowest BCUT2D eigenvalue weighted by Crippen LogP contribution is -2.13. The maximum absolute atomic E-state index is 13.5. The molecule has 7 heteroatoms. The van der Waals surface area contributed by atoms with Gasteiger partial charge in [0.1, 0.15) is 23.3 Å². The predicted octanol–water partition coefficient (Wildman–Crippen LogP) is 2.14. The number of aromatic nitrogens is 1. The van der Waals surface area contributed by atoms with Crippen molar-refractivity contribution in [2.45, 2.75) is 19.8 Å². The quantitative estimate of drug-likeness (QED) is 0.776. The number of carbonyl (C=O) groups is 1. The van der Waals surface area contributed by atoms with Crippen LogP contribution in [0.1, 0.15) is 30.3 Å². The van der Waals surface area contributed by atoms with Gasteiger partial charge in [0.15, 0.2) is 0 Å². The Hall–Kier alpha value is -2.10. The molecule has 1 aromatic rings. The minimum absolute atomic E-state index is 0.0637. The standard InChI is InChI=1S/C11H9F3N2O2/c1-2-18-9(17)4-7-8(12)3-6(5-15)16-10(7)11(13)14/h3,11H,2,4H2,1H3. The number of hydrogen-bond donors (Lipinski definition) is 0. The number of carbonyl (C=O) groups excluding carboxylic acids is 1. The van der Waals surface area contributed by atoms with E-state index in [1.165, 1.54) is 6.07 Å². The highest BCUT2D eigenvalue weighted by Crippen LogP contribution is 2.24. The monoisotopic (exact) mass is 258 g/mol. The summed E-state index contributed by atoms with van der Waals surface area (Å²) >= 11 is 0. The molecule has 0 aromatic carbocycles. The molecule has 0 atom stereocenters. The third kappa shape index (κ3) is 3.20. The van der Waals surface area contributed by atoms with Crippen LogP contribution < -0.4 is 0 Å². The van der Waals surface area contributed by atoms with Gasteiger partial charge in [0.05, 0.1) is 13.0 Å². The van der Waals surface area contributed by atoms with E-state index < -0.39 is 41.6 Å². The molecular weight excluding hydrogens is 249 g/mol. The molecule has 1 rings (SSSR count). The van der Waals surface area contributed by atoms with Gasteiger partial charge < -0.3 is 4.74 Å². The predicted molar refractivity (Wildman–Crippen MR) is 54.2 cm³/mol. The molecule has 4 nitrogen and oxygen atoms in total. The topological polar surface area (TPSA) is 63.0 Å². The second kappa shape index (κ2) is 6.00. The number of hydrogen-bond acceptors (Lipinski definition) is 4. The van der Waals surface area contributed by atoms with E-state index in [9.17, 15) is 18.0 Å². The Kier molecular flexibility index (Phi) is 4.66. The first-order valence-electron chi connectivity index (χ1n) is 5.02. The van der Waals surface area contributed by atoms with Crippen LogP contribution >= 0.6 is 0 Å². The molecule has 0 saturated heterocycles. The number of ether oxygens (including phenoxy) is 1. The van der Waals surface area contributed by atoms with Crippen LogP contribution in [0.3, 0.4) is 0 Å². The highest BCUT2D eigenvalue weighted by molar-refractivity contribution is 5.73. The highest BCUT2D eigenvalue weighted by Gasteiger charge is 2.22. The van der Waals surface area contributed by atoms with Crippen LogP contribution in [0.4, 0.5) is 13.2 Å². The van der Waals surface area contributed by atoms with E-state index in [4.69, 9.17) is 5.26 Å².